The van der Waals surface area contributed by atoms with Gasteiger partial charge in [0.25, 0.3) is 0 Å². The van der Waals surface area contributed by atoms with Crippen LogP contribution in [0.4, 0.5) is 0 Å². The average Bonchev–Trinajstić information content (AvgIpc) is 2.35. The summed E-state index contributed by atoms with van der Waals surface area (Å²) in [6.45, 7) is 15.4. The van der Waals surface area contributed by atoms with E-state index in [1.165, 1.54) is 0 Å². The van der Waals surface area contributed by atoms with Gasteiger partial charge in [0.15, 0.2) is 0 Å². The topological polar surface area (TPSA) is 64.3 Å². The molecule has 21 heavy (non-hydrogen) atoms. The van der Waals surface area contributed by atoms with E-state index in [9.17, 15) is 4.79 Å². The monoisotopic (exact) mass is 298 g/mol. The number of carbonyl (C=O) groups excluding carboxylic acids is 1. The van der Waals surface area contributed by atoms with Crippen molar-refractivity contribution >= 4 is 5.91 Å². The first-order chi connectivity index (χ1) is 9.44. The van der Waals surface area contributed by atoms with Gasteiger partial charge in [-0.25, -0.2) is 0 Å². The Labute approximate surface area is 130 Å². The van der Waals surface area contributed by atoms with Crippen molar-refractivity contribution < 1.29 is 9.53 Å². The summed E-state index contributed by atoms with van der Waals surface area (Å²) >= 11 is 0. The zero-order valence-corrected chi connectivity index (χ0v) is 14.9. The maximum Gasteiger partial charge on any atom is 0.241 e. The summed E-state index contributed by atoms with van der Waals surface area (Å²) in [6.07, 6.45) is 2.73. The summed E-state index contributed by atoms with van der Waals surface area (Å²) < 4.78 is 5.68. The molecule has 1 amide bonds. The van der Waals surface area contributed by atoms with E-state index in [-0.39, 0.29) is 28.9 Å². The fraction of sp³-hybridized carbons (Fsp3) is 0.941. The molecule has 1 rings (SSSR count). The lowest BCUT2D eigenvalue weighted by atomic mass is 9.54. The van der Waals surface area contributed by atoms with Gasteiger partial charge in [-0.3, -0.25) is 4.79 Å². The third-order valence-electron chi connectivity index (χ3n) is 4.94. The zero-order chi connectivity index (χ0) is 16.5. The summed E-state index contributed by atoms with van der Waals surface area (Å²) in [6, 6.07) is 0.152. The van der Waals surface area contributed by atoms with Gasteiger partial charge in [-0.05, 0) is 32.1 Å². The maximum absolute atomic E-state index is 12.6. The Hall–Kier alpha value is -0.610. The summed E-state index contributed by atoms with van der Waals surface area (Å²) in [5.74, 6) is -0.0372. The minimum absolute atomic E-state index is 0.0372. The highest BCUT2D eigenvalue weighted by molar-refractivity contribution is 5.89. The SMILES string of the molecule is CCOC1CC(N)(C(=O)NC(C)CCC(C)(C)C)C1(C)C. The highest BCUT2D eigenvalue weighted by atomic mass is 16.5. The van der Waals surface area contributed by atoms with Crippen molar-refractivity contribution in [3.8, 4) is 0 Å². The van der Waals surface area contributed by atoms with Crippen LogP contribution in [0.25, 0.3) is 0 Å². The average molecular weight is 298 g/mol. The molecular formula is C17H34N2O2. The Balaban J connectivity index is 2.56. The fourth-order valence-corrected chi connectivity index (χ4v) is 2.89. The minimum atomic E-state index is -0.817. The predicted octanol–water partition coefficient (Wildman–Crippen LogP) is 2.85. The van der Waals surface area contributed by atoms with E-state index in [1.807, 2.05) is 20.8 Å². The van der Waals surface area contributed by atoms with Crippen LogP contribution >= 0.6 is 0 Å². The number of carbonyl (C=O) groups is 1. The molecule has 0 radical (unpaired) electrons. The van der Waals surface area contributed by atoms with Crippen molar-refractivity contribution in [3.05, 3.63) is 0 Å². The molecule has 1 saturated carbocycles. The highest BCUT2D eigenvalue weighted by Gasteiger charge is 2.62. The van der Waals surface area contributed by atoms with E-state index in [0.29, 0.717) is 13.0 Å². The molecule has 4 nitrogen and oxygen atoms in total. The first kappa shape index (κ1) is 18.4. The van der Waals surface area contributed by atoms with Gasteiger partial charge in [0, 0.05) is 24.5 Å². The van der Waals surface area contributed by atoms with Crippen molar-refractivity contribution in [2.24, 2.45) is 16.6 Å². The second kappa shape index (κ2) is 6.25. The van der Waals surface area contributed by atoms with Crippen LogP contribution in [0.5, 0.6) is 0 Å². The number of hydrogen-bond donors (Lipinski definition) is 2. The minimum Gasteiger partial charge on any atom is -0.378 e. The van der Waals surface area contributed by atoms with Gasteiger partial charge in [-0.15, -0.1) is 0 Å². The van der Waals surface area contributed by atoms with Crippen LogP contribution in [-0.2, 0) is 9.53 Å². The molecule has 0 aromatic heterocycles. The third-order valence-corrected chi connectivity index (χ3v) is 4.94. The maximum atomic E-state index is 12.6. The lowest BCUT2D eigenvalue weighted by Crippen LogP contribution is -2.76. The molecule has 124 valence electrons. The number of hydrogen-bond acceptors (Lipinski definition) is 3. The molecule has 0 aromatic carbocycles. The second-order valence-corrected chi connectivity index (χ2v) is 8.31. The first-order valence-corrected chi connectivity index (χ1v) is 8.15. The molecule has 4 heteroatoms. The normalized spacial score (nSPS) is 29.6. The molecule has 1 aliphatic carbocycles. The van der Waals surface area contributed by atoms with Gasteiger partial charge in [-0.1, -0.05) is 34.6 Å². The van der Waals surface area contributed by atoms with E-state index < -0.39 is 5.54 Å². The van der Waals surface area contributed by atoms with E-state index >= 15 is 0 Å². The molecule has 1 aliphatic rings. The molecule has 0 aliphatic heterocycles. The lowest BCUT2D eigenvalue weighted by Gasteiger charge is -2.57. The summed E-state index contributed by atoms with van der Waals surface area (Å²) in [7, 11) is 0. The van der Waals surface area contributed by atoms with Crippen molar-refractivity contribution in [1.82, 2.24) is 5.32 Å². The van der Waals surface area contributed by atoms with Crippen molar-refractivity contribution in [2.45, 2.75) is 85.4 Å². The highest BCUT2D eigenvalue weighted by Crippen LogP contribution is 2.49. The van der Waals surface area contributed by atoms with Gasteiger partial charge in [0.1, 0.15) is 5.54 Å². The van der Waals surface area contributed by atoms with Crippen LogP contribution < -0.4 is 11.1 Å². The van der Waals surface area contributed by atoms with Crippen LogP contribution in [0.1, 0.15) is 67.7 Å². The molecule has 0 spiro atoms. The summed E-state index contributed by atoms with van der Waals surface area (Å²) in [4.78, 5) is 12.6. The van der Waals surface area contributed by atoms with Crippen LogP contribution in [0.15, 0.2) is 0 Å². The van der Waals surface area contributed by atoms with Crippen molar-refractivity contribution in [3.63, 3.8) is 0 Å². The van der Waals surface area contributed by atoms with Crippen molar-refractivity contribution in [2.75, 3.05) is 6.61 Å². The largest absolute Gasteiger partial charge is 0.378 e. The number of nitrogens with one attached hydrogen (secondary N) is 1. The molecule has 3 unspecified atom stereocenters. The standard InChI is InChI=1S/C17H34N2O2/c1-8-21-13-11-17(18,16(13,6)7)14(20)19-12(2)9-10-15(3,4)5/h12-13H,8-11,18H2,1-7H3,(H,19,20). The lowest BCUT2D eigenvalue weighted by molar-refractivity contribution is -0.171. The van der Waals surface area contributed by atoms with Gasteiger partial charge in [-0.2, -0.15) is 0 Å². The van der Waals surface area contributed by atoms with Crippen LogP contribution in [0.2, 0.25) is 0 Å². The molecule has 3 atom stereocenters. The smallest absolute Gasteiger partial charge is 0.241 e. The molecule has 0 heterocycles. The third kappa shape index (κ3) is 3.98. The number of nitrogens with two attached hydrogens (primary N) is 1. The summed E-state index contributed by atoms with van der Waals surface area (Å²) in [5.41, 5.74) is 5.53. The quantitative estimate of drug-likeness (QED) is 0.792. The fourth-order valence-electron chi connectivity index (χ4n) is 2.89. The second-order valence-electron chi connectivity index (χ2n) is 8.31. The Bertz CT molecular complexity index is 373. The van der Waals surface area contributed by atoms with Crippen LogP contribution in [0.3, 0.4) is 0 Å². The Morgan fingerprint density at radius 1 is 1.43 bits per heavy atom. The molecule has 0 saturated heterocycles. The van der Waals surface area contributed by atoms with Gasteiger partial charge in [0.05, 0.1) is 6.10 Å². The molecule has 1 fully saturated rings. The van der Waals surface area contributed by atoms with Crippen LogP contribution in [0, 0.1) is 10.8 Å². The Morgan fingerprint density at radius 2 is 2.00 bits per heavy atom. The Kier molecular flexibility index (Phi) is 5.49. The van der Waals surface area contributed by atoms with Gasteiger partial charge < -0.3 is 15.8 Å². The predicted molar refractivity (Wildman–Crippen MR) is 87.0 cm³/mol. The van der Waals surface area contributed by atoms with Gasteiger partial charge in [0.2, 0.25) is 5.91 Å². The van der Waals surface area contributed by atoms with E-state index in [4.69, 9.17) is 10.5 Å². The zero-order valence-electron chi connectivity index (χ0n) is 14.9. The van der Waals surface area contributed by atoms with E-state index in [2.05, 4.69) is 33.0 Å². The van der Waals surface area contributed by atoms with Gasteiger partial charge >= 0.3 is 0 Å². The van der Waals surface area contributed by atoms with E-state index in [0.717, 1.165) is 12.8 Å². The number of rotatable bonds is 6. The number of amides is 1. The molecule has 3 N–H and O–H groups in total. The molecule has 0 aromatic rings. The first-order valence-electron chi connectivity index (χ1n) is 8.15. The molecular weight excluding hydrogens is 264 g/mol. The van der Waals surface area contributed by atoms with E-state index in [1.54, 1.807) is 0 Å². The summed E-state index contributed by atoms with van der Waals surface area (Å²) in [5, 5.41) is 3.09. The van der Waals surface area contributed by atoms with Crippen molar-refractivity contribution in [1.29, 1.82) is 0 Å². The Morgan fingerprint density at radius 3 is 2.43 bits per heavy atom. The van der Waals surface area contributed by atoms with Crippen LogP contribution in [-0.4, -0.2) is 30.2 Å². The molecule has 0 bridgehead atoms. The number of ether oxygens (including phenoxy) is 1.